The second-order valence-corrected chi connectivity index (χ2v) is 6.99. The average molecular weight is 424 g/mol. The fourth-order valence-corrected chi connectivity index (χ4v) is 3.32. The van der Waals surface area contributed by atoms with Gasteiger partial charge in [-0.15, -0.1) is 0 Å². The van der Waals surface area contributed by atoms with Gasteiger partial charge in [0.2, 0.25) is 11.8 Å². The highest BCUT2D eigenvalue weighted by Gasteiger charge is 2.18. The van der Waals surface area contributed by atoms with Gasteiger partial charge < -0.3 is 14.2 Å². The van der Waals surface area contributed by atoms with Crippen LogP contribution in [0.3, 0.4) is 0 Å². The highest BCUT2D eigenvalue weighted by molar-refractivity contribution is 5.74. The van der Waals surface area contributed by atoms with Crippen molar-refractivity contribution in [1.82, 2.24) is 20.3 Å². The smallest absolute Gasteiger partial charge is 0.245 e. The maximum atomic E-state index is 11.0. The highest BCUT2D eigenvalue weighted by atomic mass is 16.4. The van der Waals surface area contributed by atoms with Gasteiger partial charge in [0.25, 0.3) is 0 Å². The topological polar surface area (TPSA) is 111 Å². The summed E-state index contributed by atoms with van der Waals surface area (Å²) < 4.78 is 11.8. The molecular weight excluding hydrogens is 408 g/mol. The Morgan fingerprint density at radius 1 is 0.906 bits per heavy atom. The molecule has 0 radical (unpaired) electrons. The van der Waals surface area contributed by atoms with Gasteiger partial charge in [-0.1, -0.05) is 36.4 Å². The zero-order valence-electron chi connectivity index (χ0n) is 16.6. The van der Waals surface area contributed by atoms with Crippen molar-refractivity contribution in [2.24, 2.45) is 0 Å². The van der Waals surface area contributed by atoms with Crippen molar-refractivity contribution in [2.75, 3.05) is 0 Å². The van der Waals surface area contributed by atoms with Crippen LogP contribution in [0.25, 0.3) is 34.2 Å². The van der Waals surface area contributed by atoms with Crippen molar-refractivity contribution in [3.8, 4) is 34.2 Å². The van der Waals surface area contributed by atoms with Crippen LogP contribution < -0.4 is 5.32 Å². The minimum atomic E-state index is -0.316. The fourth-order valence-electron chi connectivity index (χ4n) is 3.32. The van der Waals surface area contributed by atoms with E-state index in [4.69, 9.17) is 8.83 Å². The number of nitrogens with one attached hydrogen (secondary N) is 1. The van der Waals surface area contributed by atoms with E-state index in [1.54, 1.807) is 42.7 Å². The Morgan fingerprint density at radius 2 is 1.69 bits per heavy atom. The predicted octanol–water partition coefficient (Wildman–Crippen LogP) is 4.15. The number of aromatic nitrogens is 3. The summed E-state index contributed by atoms with van der Waals surface area (Å²) in [5, 5.41) is 3.05. The second kappa shape index (κ2) is 8.27. The SMILES string of the molecule is O=CC1=CC=CC(c2ncc(-c3cccc(-c4cnc(-c5cccc(C=O)n5)o4)c3)o2)N1. The van der Waals surface area contributed by atoms with E-state index in [2.05, 4.69) is 20.3 Å². The molecule has 0 spiro atoms. The summed E-state index contributed by atoms with van der Waals surface area (Å²) in [6, 6.07) is 12.3. The highest BCUT2D eigenvalue weighted by Crippen LogP contribution is 2.30. The number of rotatable bonds is 6. The number of hydrogen-bond donors (Lipinski definition) is 1. The molecule has 5 rings (SSSR count). The number of nitrogens with zero attached hydrogens (tertiary/aromatic N) is 3. The molecule has 156 valence electrons. The lowest BCUT2D eigenvalue weighted by Gasteiger charge is -2.15. The van der Waals surface area contributed by atoms with Crippen LogP contribution in [0.15, 0.2) is 87.6 Å². The monoisotopic (exact) mass is 424 g/mol. The van der Waals surface area contributed by atoms with Crippen LogP contribution in [0.5, 0.6) is 0 Å². The fraction of sp³-hybridized carbons (Fsp3) is 0.0417. The van der Waals surface area contributed by atoms with Crippen molar-refractivity contribution in [2.45, 2.75) is 6.04 Å². The van der Waals surface area contributed by atoms with E-state index in [0.717, 1.165) is 17.4 Å². The second-order valence-electron chi connectivity index (χ2n) is 6.99. The summed E-state index contributed by atoms with van der Waals surface area (Å²) in [6.07, 6.45) is 10.0. The van der Waals surface area contributed by atoms with E-state index in [-0.39, 0.29) is 6.04 Å². The summed E-state index contributed by atoms with van der Waals surface area (Å²) in [5.41, 5.74) is 2.87. The summed E-state index contributed by atoms with van der Waals surface area (Å²) in [4.78, 5) is 34.8. The third-order valence-electron chi connectivity index (χ3n) is 4.87. The molecule has 0 bridgehead atoms. The zero-order chi connectivity index (χ0) is 21.9. The maximum Gasteiger partial charge on any atom is 0.245 e. The number of oxazole rings is 2. The van der Waals surface area contributed by atoms with E-state index >= 15 is 0 Å². The molecule has 0 fully saturated rings. The molecule has 1 aromatic carbocycles. The van der Waals surface area contributed by atoms with Crippen molar-refractivity contribution < 1.29 is 18.4 Å². The number of carbonyl (C=O) groups excluding carboxylic acids is 2. The van der Waals surface area contributed by atoms with E-state index < -0.39 is 0 Å². The maximum absolute atomic E-state index is 11.0. The summed E-state index contributed by atoms with van der Waals surface area (Å²) in [5.74, 6) is 1.92. The lowest BCUT2D eigenvalue weighted by molar-refractivity contribution is -0.105. The Labute approximate surface area is 182 Å². The lowest BCUT2D eigenvalue weighted by atomic mass is 10.1. The first-order chi connectivity index (χ1) is 15.7. The van der Waals surface area contributed by atoms with Crippen molar-refractivity contribution in [3.05, 3.63) is 90.4 Å². The standard InChI is InChI=1S/C24H16N4O4/c29-13-17-6-2-8-19(27-17)23-25-11-21(31-23)15-4-1-5-16(10-15)22-12-26-24(32-22)20-9-3-7-18(14-30)28-20/h1-14,19,27H. The van der Waals surface area contributed by atoms with Gasteiger partial charge in [0.1, 0.15) is 17.4 Å². The van der Waals surface area contributed by atoms with Crippen LogP contribution in [0.1, 0.15) is 22.4 Å². The molecule has 0 saturated heterocycles. The number of allylic oxidation sites excluding steroid dienone is 3. The molecule has 1 aliphatic heterocycles. The number of aldehydes is 2. The number of dihydropyridines is 1. The van der Waals surface area contributed by atoms with Gasteiger partial charge >= 0.3 is 0 Å². The largest absolute Gasteiger partial charge is 0.438 e. The molecule has 4 heterocycles. The molecule has 0 aliphatic carbocycles. The Hall–Kier alpha value is -4.59. The van der Waals surface area contributed by atoms with Crippen molar-refractivity contribution >= 4 is 12.6 Å². The van der Waals surface area contributed by atoms with E-state index in [1.165, 1.54) is 0 Å². The third-order valence-corrected chi connectivity index (χ3v) is 4.87. The van der Waals surface area contributed by atoms with Gasteiger partial charge in [-0.05, 0) is 24.3 Å². The molecule has 1 unspecified atom stereocenters. The molecule has 0 amide bonds. The molecule has 8 nitrogen and oxygen atoms in total. The van der Waals surface area contributed by atoms with E-state index in [9.17, 15) is 9.59 Å². The average Bonchev–Trinajstić information content (AvgIpc) is 3.55. The number of hydrogen-bond acceptors (Lipinski definition) is 8. The van der Waals surface area contributed by atoms with Gasteiger partial charge in [-0.25, -0.2) is 15.0 Å². The third kappa shape index (κ3) is 3.77. The summed E-state index contributed by atoms with van der Waals surface area (Å²) in [7, 11) is 0. The molecule has 1 N–H and O–H groups in total. The Kier molecular flexibility index (Phi) is 5.01. The minimum absolute atomic E-state index is 0.309. The van der Waals surface area contributed by atoms with Crippen LogP contribution in [0, 0.1) is 0 Å². The lowest BCUT2D eigenvalue weighted by Crippen LogP contribution is -2.22. The molecule has 4 aromatic rings. The van der Waals surface area contributed by atoms with Crippen molar-refractivity contribution in [1.29, 1.82) is 0 Å². The Bertz CT molecular complexity index is 1370. The van der Waals surface area contributed by atoms with Gasteiger partial charge in [0.15, 0.2) is 24.1 Å². The van der Waals surface area contributed by atoms with Gasteiger partial charge in [-0.3, -0.25) is 9.59 Å². The van der Waals surface area contributed by atoms with E-state index in [0.29, 0.717) is 46.7 Å². The molecule has 1 aliphatic rings. The van der Waals surface area contributed by atoms with Gasteiger partial charge in [0.05, 0.1) is 18.1 Å². The van der Waals surface area contributed by atoms with Crippen molar-refractivity contribution in [3.63, 3.8) is 0 Å². The Morgan fingerprint density at radius 3 is 2.50 bits per heavy atom. The normalized spacial score (nSPS) is 15.1. The zero-order valence-corrected chi connectivity index (χ0v) is 16.6. The molecule has 3 aromatic heterocycles. The molecule has 32 heavy (non-hydrogen) atoms. The Balaban J connectivity index is 1.40. The number of benzene rings is 1. The van der Waals surface area contributed by atoms with Crippen LogP contribution in [0.2, 0.25) is 0 Å². The molecule has 0 saturated carbocycles. The summed E-state index contributed by atoms with van der Waals surface area (Å²) >= 11 is 0. The van der Waals surface area contributed by atoms with E-state index in [1.807, 2.05) is 30.3 Å². The first kappa shape index (κ1) is 19.4. The van der Waals surface area contributed by atoms with Crippen LogP contribution in [-0.4, -0.2) is 27.5 Å². The quantitative estimate of drug-likeness (QED) is 0.460. The van der Waals surface area contributed by atoms with Gasteiger partial charge in [0, 0.05) is 11.1 Å². The van der Waals surface area contributed by atoms with Gasteiger partial charge in [-0.2, -0.15) is 0 Å². The summed E-state index contributed by atoms with van der Waals surface area (Å²) in [6.45, 7) is 0. The number of pyridine rings is 1. The predicted molar refractivity (Wildman–Crippen MR) is 115 cm³/mol. The van der Waals surface area contributed by atoms with Crippen LogP contribution >= 0.6 is 0 Å². The molecule has 1 atom stereocenters. The minimum Gasteiger partial charge on any atom is -0.438 e. The van der Waals surface area contributed by atoms with Crippen LogP contribution in [0.4, 0.5) is 0 Å². The first-order valence-corrected chi connectivity index (χ1v) is 9.78. The molecule has 8 heteroatoms. The van der Waals surface area contributed by atoms with Crippen LogP contribution in [-0.2, 0) is 4.79 Å². The first-order valence-electron chi connectivity index (χ1n) is 9.78. The molecular formula is C24H16N4O4. The number of carbonyl (C=O) groups is 2.